The number of rotatable bonds is 0. The van der Waals surface area contributed by atoms with Crippen LogP contribution in [0.1, 0.15) is 19.3 Å². The van der Waals surface area contributed by atoms with Crippen LogP contribution in [0.2, 0.25) is 0 Å². The first-order chi connectivity index (χ1) is 3.97. The van der Waals surface area contributed by atoms with Gasteiger partial charge in [0.05, 0.1) is 6.10 Å². The van der Waals surface area contributed by atoms with Crippen molar-refractivity contribution < 1.29 is 4.74 Å². The van der Waals surface area contributed by atoms with E-state index < -0.39 is 0 Å². The minimum atomic E-state index is 0.512. The highest BCUT2D eigenvalue weighted by Gasteiger charge is 2.36. The van der Waals surface area contributed by atoms with Crippen molar-refractivity contribution in [1.29, 1.82) is 0 Å². The summed E-state index contributed by atoms with van der Waals surface area (Å²) in [4.78, 5) is 0. The fourth-order valence-corrected chi connectivity index (χ4v) is 1.23. The van der Waals surface area contributed by atoms with Gasteiger partial charge in [-0.1, -0.05) is 12.2 Å². The lowest BCUT2D eigenvalue weighted by atomic mass is 10.2. The maximum Gasteiger partial charge on any atom is 0.102 e. The largest absolute Gasteiger partial charge is 0.365 e. The van der Waals surface area contributed by atoms with Crippen molar-refractivity contribution in [2.24, 2.45) is 0 Å². The van der Waals surface area contributed by atoms with Crippen molar-refractivity contribution in [3.8, 4) is 0 Å². The third kappa shape index (κ3) is 0.671. The predicted molar refractivity (Wildman–Crippen MR) is 31.7 cm³/mol. The van der Waals surface area contributed by atoms with E-state index in [0.29, 0.717) is 12.2 Å². The molecule has 0 unspecified atom stereocenters. The molecule has 1 heteroatoms. The van der Waals surface area contributed by atoms with E-state index in [0.717, 1.165) is 0 Å². The minimum Gasteiger partial charge on any atom is -0.365 e. The van der Waals surface area contributed by atoms with Gasteiger partial charge in [0.1, 0.15) is 6.10 Å². The highest BCUT2D eigenvalue weighted by Crippen LogP contribution is 2.30. The first kappa shape index (κ1) is 4.57. The Hall–Kier alpha value is -0.300. The molecule has 2 atom stereocenters. The molecule has 1 nitrogen and oxygen atoms in total. The van der Waals surface area contributed by atoms with Gasteiger partial charge in [0.15, 0.2) is 0 Å². The molecule has 0 N–H and O–H groups in total. The lowest BCUT2D eigenvalue weighted by molar-refractivity contribution is 0.373. The summed E-state index contributed by atoms with van der Waals surface area (Å²) in [5.74, 6) is 0. The Morgan fingerprint density at radius 2 is 2.50 bits per heavy atom. The zero-order valence-electron chi connectivity index (χ0n) is 4.84. The maximum atomic E-state index is 5.27. The third-order valence-corrected chi connectivity index (χ3v) is 1.81. The molecule has 8 heavy (non-hydrogen) atoms. The van der Waals surface area contributed by atoms with Crippen molar-refractivity contribution in [3.63, 3.8) is 0 Å². The van der Waals surface area contributed by atoms with Gasteiger partial charge in [-0.05, 0) is 19.3 Å². The molecule has 0 radical (unpaired) electrons. The normalized spacial score (nSPS) is 43.0. The lowest BCUT2D eigenvalue weighted by Gasteiger charge is -1.86. The molecule has 1 saturated heterocycles. The fraction of sp³-hybridized carbons (Fsp3) is 0.714. The zero-order valence-corrected chi connectivity index (χ0v) is 4.84. The third-order valence-electron chi connectivity index (χ3n) is 1.81. The molecule has 0 bridgehead atoms. The summed E-state index contributed by atoms with van der Waals surface area (Å²) >= 11 is 0. The first-order valence-electron chi connectivity index (χ1n) is 3.29. The molecule has 0 aromatic heterocycles. The highest BCUT2D eigenvalue weighted by molar-refractivity contribution is 5.04. The highest BCUT2D eigenvalue weighted by atomic mass is 16.6. The molecule has 1 fully saturated rings. The number of ether oxygens (including phenoxy) is 1. The quantitative estimate of drug-likeness (QED) is 0.340. The van der Waals surface area contributed by atoms with Crippen molar-refractivity contribution in [1.82, 2.24) is 0 Å². The Morgan fingerprint density at radius 1 is 1.50 bits per heavy atom. The molecule has 0 spiro atoms. The molecule has 1 aliphatic carbocycles. The molecule has 0 saturated carbocycles. The van der Waals surface area contributed by atoms with Crippen LogP contribution >= 0.6 is 0 Å². The monoisotopic (exact) mass is 110 g/mol. The summed E-state index contributed by atoms with van der Waals surface area (Å²) in [7, 11) is 0. The Kier molecular flexibility index (Phi) is 0.908. The van der Waals surface area contributed by atoms with E-state index in [4.69, 9.17) is 4.74 Å². The van der Waals surface area contributed by atoms with E-state index in [1.54, 1.807) is 0 Å². The van der Waals surface area contributed by atoms with Gasteiger partial charge < -0.3 is 4.74 Å². The fourth-order valence-electron chi connectivity index (χ4n) is 1.23. The maximum absolute atomic E-state index is 5.27. The number of fused-ring (bicyclic) bond motifs is 1. The smallest absolute Gasteiger partial charge is 0.102 e. The van der Waals surface area contributed by atoms with Gasteiger partial charge in [-0.25, -0.2) is 0 Å². The molecule has 2 aliphatic rings. The molecule has 44 valence electrons. The number of hydrogen-bond donors (Lipinski definition) is 0. The van der Waals surface area contributed by atoms with Crippen LogP contribution in [0.15, 0.2) is 12.2 Å². The second-order valence-electron chi connectivity index (χ2n) is 2.50. The minimum absolute atomic E-state index is 0.512. The molecule has 0 aromatic rings. The molecule has 1 aliphatic heterocycles. The average molecular weight is 110 g/mol. The van der Waals surface area contributed by atoms with Gasteiger partial charge >= 0.3 is 0 Å². The standard InChI is InChI=1S/C7H10O/c1-2-4-6-7(8-6)5-3-1/h2,4,6-7H,1,3,5H2/t6-,7+/m0/s1. The Morgan fingerprint density at radius 3 is 3.50 bits per heavy atom. The van der Waals surface area contributed by atoms with Gasteiger partial charge in [-0.15, -0.1) is 0 Å². The molecule has 0 amide bonds. The number of allylic oxidation sites excluding steroid dienone is 1. The van der Waals surface area contributed by atoms with E-state index >= 15 is 0 Å². The van der Waals surface area contributed by atoms with E-state index in [1.165, 1.54) is 19.3 Å². The van der Waals surface area contributed by atoms with Gasteiger partial charge in [0.25, 0.3) is 0 Å². The Labute approximate surface area is 49.3 Å². The first-order valence-corrected chi connectivity index (χ1v) is 3.29. The Bertz CT molecular complexity index is 118. The number of hydrogen-bond acceptors (Lipinski definition) is 1. The summed E-state index contributed by atoms with van der Waals surface area (Å²) < 4.78 is 5.27. The molecular weight excluding hydrogens is 100 g/mol. The van der Waals surface area contributed by atoms with Crippen LogP contribution < -0.4 is 0 Å². The summed E-state index contributed by atoms with van der Waals surface area (Å²) in [6.07, 6.45) is 9.40. The van der Waals surface area contributed by atoms with Crippen LogP contribution in [0.3, 0.4) is 0 Å². The Balaban J connectivity index is 2.03. The van der Waals surface area contributed by atoms with Crippen LogP contribution in [-0.2, 0) is 4.74 Å². The van der Waals surface area contributed by atoms with Gasteiger partial charge in [-0.3, -0.25) is 0 Å². The molecule has 2 rings (SSSR count). The van der Waals surface area contributed by atoms with Gasteiger partial charge in [0.2, 0.25) is 0 Å². The second kappa shape index (κ2) is 1.59. The van der Waals surface area contributed by atoms with Crippen molar-refractivity contribution in [3.05, 3.63) is 12.2 Å². The van der Waals surface area contributed by atoms with Crippen molar-refractivity contribution in [2.45, 2.75) is 31.5 Å². The van der Waals surface area contributed by atoms with Crippen LogP contribution in [0.4, 0.5) is 0 Å². The SMILES string of the molecule is C1=C[C@@H]2O[C@@H]2CCC1. The van der Waals surface area contributed by atoms with Gasteiger partial charge in [-0.2, -0.15) is 0 Å². The predicted octanol–water partition coefficient (Wildman–Crippen LogP) is 1.49. The zero-order chi connectivity index (χ0) is 5.40. The second-order valence-corrected chi connectivity index (χ2v) is 2.50. The molecule has 1 heterocycles. The summed E-state index contributed by atoms with van der Waals surface area (Å²) in [6, 6.07) is 0. The summed E-state index contributed by atoms with van der Waals surface area (Å²) in [5.41, 5.74) is 0. The van der Waals surface area contributed by atoms with Crippen LogP contribution in [0, 0.1) is 0 Å². The van der Waals surface area contributed by atoms with E-state index in [1.807, 2.05) is 0 Å². The van der Waals surface area contributed by atoms with E-state index in [9.17, 15) is 0 Å². The van der Waals surface area contributed by atoms with Crippen LogP contribution in [-0.4, -0.2) is 12.2 Å². The topological polar surface area (TPSA) is 12.5 Å². The molecular formula is C7H10O. The van der Waals surface area contributed by atoms with E-state index in [-0.39, 0.29) is 0 Å². The van der Waals surface area contributed by atoms with Crippen LogP contribution in [0.25, 0.3) is 0 Å². The lowest BCUT2D eigenvalue weighted by Crippen LogP contribution is -1.85. The van der Waals surface area contributed by atoms with Crippen molar-refractivity contribution >= 4 is 0 Å². The number of epoxide rings is 1. The van der Waals surface area contributed by atoms with Crippen molar-refractivity contribution in [2.75, 3.05) is 0 Å². The van der Waals surface area contributed by atoms with E-state index in [2.05, 4.69) is 12.2 Å². The summed E-state index contributed by atoms with van der Waals surface area (Å²) in [5, 5.41) is 0. The summed E-state index contributed by atoms with van der Waals surface area (Å²) in [6.45, 7) is 0. The average Bonchev–Trinajstić information content (AvgIpc) is 2.36. The van der Waals surface area contributed by atoms with Gasteiger partial charge in [0, 0.05) is 0 Å². The van der Waals surface area contributed by atoms with Crippen LogP contribution in [0.5, 0.6) is 0 Å². The molecule has 0 aromatic carbocycles.